The minimum atomic E-state index is -0.0426. The molecule has 0 saturated carbocycles. The highest BCUT2D eigenvalue weighted by Gasteiger charge is 2.17. The number of hydrogen-bond donors (Lipinski definition) is 0. The Hall–Kier alpha value is -3.54. The fourth-order valence-corrected chi connectivity index (χ4v) is 3.13. The second kappa shape index (κ2) is 7.23. The van der Waals surface area contributed by atoms with Crippen molar-refractivity contribution >= 4 is 16.8 Å². The van der Waals surface area contributed by atoms with Gasteiger partial charge in [0.05, 0.1) is 23.0 Å². The molecular formula is C22H21N5O. The molecule has 0 spiro atoms. The number of amides is 1. The van der Waals surface area contributed by atoms with E-state index in [0.29, 0.717) is 11.3 Å². The van der Waals surface area contributed by atoms with Gasteiger partial charge in [-0.2, -0.15) is 5.10 Å². The number of aryl methyl sites for hydroxylation is 1. The lowest BCUT2D eigenvalue weighted by Gasteiger charge is -2.14. The topological polar surface area (TPSA) is 63.9 Å². The molecule has 0 atom stereocenters. The van der Waals surface area contributed by atoms with E-state index in [1.165, 1.54) is 5.56 Å². The Morgan fingerprint density at radius 1 is 1.14 bits per heavy atom. The van der Waals surface area contributed by atoms with Gasteiger partial charge in [-0.3, -0.25) is 4.79 Å². The van der Waals surface area contributed by atoms with Gasteiger partial charge in [0.25, 0.3) is 5.91 Å². The van der Waals surface area contributed by atoms with E-state index < -0.39 is 0 Å². The van der Waals surface area contributed by atoms with Gasteiger partial charge in [-0.05, 0) is 42.3 Å². The standard InChI is InChI=1S/C22H21N5O/c1-4-15-8-9-19-17(11-15)18(22(28)26(2)3)12-20(25-19)16-13-24-27(14-16)21-7-5-6-10-23-21/h5-14H,4H2,1-3H3. The first-order valence-corrected chi connectivity index (χ1v) is 9.18. The molecule has 0 aliphatic heterocycles. The highest BCUT2D eigenvalue weighted by molar-refractivity contribution is 6.07. The highest BCUT2D eigenvalue weighted by Crippen LogP contribution is 2.27. The number of carbonyl (C=O) groups is 1. The summed E-state index contributed by atoms with van der Waals surface area (Å²) in [6.45, 7) is 2.10. The summed E-state index contributed by atoms with van der Waals surface area (Å²) < 4.78 is 1.70. The van der Waals surface area contributed by atoms with Crippen molar-refractivity contribution in [1.29, 1.82) is 0 Å². The van der Waals surface area contributed by atoms with Crippen LogP contribution >= 0.6 is 0 Å². The maximum Gasteiger partial charge on any atom is 0.254 e. The molecule has 1 amide bonds. The van der Waals surface area contributed by atoms with Crippen LogP contribution in [0.5, 0.6) is 0 Å². The molecular weight excluding hydrogens is 350 g/mol. The van der Waals surface area contributed by atoms with E-state index in [9.17, 15) is 4.79 Å². The maximum absolute atomic E-state index is 12.8. The van der Waals surface area contributed by atoms with Crippen molar-refractivity contribution in [1.82, 2.24) is 24.6 Å². The Bertz CT molecular complexity index is 1150. The lowest BCUT2D eigenvalue weighted by Crippen LogP contribution is -2.22. The molecule has 0 bridgehead atoms. The molecule has 6 heteroatoms. The minimum absolute atomic E-state index is 0.0426. The van der Waals surface area contributed by atoms with Crippen LogP contribution in [0.3, 0.4) is 0 Å². The Labute approximate surface area is 163 Å². The van der Waals surface area contributed by atoms with E-state index in [2.05, 4.69) is 29.1 Å². The maximum atomic E-state index is 12.8. The Morgan fingerprint density at radius 3 is 2.71 bits per heavy atom. The largest absolute Gasteiger partial charge is 0.345 e. The lowest BCUT2D eigenvalue weighted by atomic mass is 10.0. The molecule has 0 N–H and O–H groups in total. The van der Waals surface area contributed by atoms with Crippen LogP contribution in [0.2, 0.25) is 0 Å². The van der Waals surface area contributed by atoms with Gasteiger partial charge in [-0.25, -0.2) is 14.6 Å². The molecule has 0 aliphatic carbocycles. The number of hydrogen-bond acceptors (Lipinski definition) is 4. The summed E-state index contributed by atoms with van der Waals surface area (Å²) in [6.07, 6.45) is 6.25. The molecule has 3 heterocycles. The molecule has 4 aromatic rings. The van der Waals surface area contributed by atoms with Crippen molar-refractivity contribution in [3.8, 4) is 17.1 Å². The number of pyridine rings is 2. The molecule has 0 unspecified atom stereocenters. The van der Waals surface area contributed by atoms with Gasteiger partial charge in [-0.15, -0.1) is 0 Å². The molecule has 140 valence electrons. The van der Waals surface area contributed by atoms with Gasteiger partial charge in [0.15, 0.2) is 5.82 Å². The van der Waals surface area contributed by atoms with Gasteiger partial charge in [-0.1, -0.05) is 19.1 Å². The van der Waals surface area contributed by atoms with Crippen LogP contribution in [0.4, 0.5) is 0 Å². The van der Waals surface area contributed by atoms with E-state index in [1.54, 1.807) is 36.1 Å². The number of rotatable bonds is 4. The van der Waals surface area contributed by atoms with E-state index in [0.717, 1.165) is 28.7 Å². The highest BCUT2D eigenvalue weighted by atomic mass is 16.2. The van der Waals surface area contributed by atoms with Gasteiger partial charge in [0.2, 0.25) is 0 Å². The SMILES string of the molecule is CCc1ccc2nc(-c3cnn(-c4ccccn4)c3)cc(C(=O)N(C)C)c2c1. The van der Waals surface area contributed by atoms with Crippen molar-refractivity contribution in [3.63, 3.8) is 0 Å². The molecule has 0 fully saturated rings. The molecule has 28 heavy (non-hydrogen) atoms. The first-order chi connectivity index (χ1) is 13.6. The zero-order chi connectivity index (χ0) is 19.7. The predicted molar refractivity (Wildman–Crippen MR) is 109 cm³/mol. The fourth-order valence-electron chi connectivity index (χ4n) is 3.13. The monoisotopic (exact) mass is 371 g/mol. The first-order valence-electron chi connectivity index (χ1n) is 9.18. The normalized spacial score (nSPS) is 11.0. The van der Waals surface area contributed by atoms with Crippen LogP contribution in [0.15, 0.2) is 61.1 Å². The van der Waals surface area contributed by atoms with Gasteiger partial charge >= 0.3 is 0 Å². The van der Waals surface area contributed by atoms with E-state index >= 15 is 0 Å². The zero-order valence-corrected chi connectivity index (χ0v) is 16.1. The molecule has 1 aromatic carbocycles. The minimum Gasteiger partial charge on any atom is -0.345 e. The van der Waals surface area contributed by atoms with Crippen molar-refractivity contribution in [2.45, 2.75) is 13.3 Å². The van der Waals surface area contributed by atoms with Crippen molar-refractivity contribution in [3.05, 3.63) is 72.2 Å². The number of fused-ring (bicyclic) bond motifs is 1. The molecule has 0 radical (unpaired) electrons. The van der Waals surface area contributed by atoms with E-state index in [1.807, 2.05) is 36.5 Å². The Kier molecular flexibility index (Phi) is 4.61. The predicted octanol–water partition coefficient (Wildman–Crippen LogP) is 3.75. The van der Waals surface area contributed by atoms with Crippen molar-refractivity contribution < 1.29 is 4.79 Å². The van der Waals surface area contributed by atoms with Crippen molar-refractivity contribution in [2.75, 3.05) is 14.1 Å². The lowest BCUT2D eigenvalue weighted by molar-refractivity contribution is 0.0829. The summed E-state index contributed by atoms with van der Waals surface area (Å²) in [5.41, 5.74) is 4.17. The second-order valence-corrected chi connectivity index (χ2v) is 6.82. The zero-order valence-electron chi connectivity index (χ0n) is 16.1. The fraction of sp³-hybridized carbons (Fsp3) is 0.182. The number of benzene rings is 1. The summed E-state index contributed by atoms with van der Waals surface area (Å²) in [4.78, 5) is 23.5. The Balaban J connectivity index is 1.86. The quantitative estimate of drug-likeness (QED) is 0.548. The van der Waals surface area contributed by atoms with Crippen molar-refractivity contribution in [2.24, 2.45) is 0 Å². The summed E-state index contributed by atoms with van der Waals surface area (Å²) >= 11 is 0. The van der Waals surface area contributed by atoms with E-state index in [-0.39, 0.29) is 5.91 Å². The van der Waals surface area contributed by atoms with Crippen LogP contribution in [0.25, 0.3) is 28.0 Å². The third kappa shape index (κ3) is 3.24. The van der Waals surface area contributed by atoms with Crippen LogP contribution in [0, 0.1) is 0 Å². The molecule has 0 aliphatic rings. The summed E-state index contributed by atoms with van der Waals surface area (Å²) in [5, 5.41) is 5.27. The van der Waals surface area contributed by atoms with Gasteiger partial charge in [0.1, 0.15) is 0 Å². The smallest absolute Gasteiger partial charge is 0.254 e. The van der Waals surface area contributed by atoms with Crippen LogP contribution < -0.4 is 0 Å². The van der Waals surface area contributed by atoms with Gasteiger partial charge in [0, 0.05) is 37.4 Å². The summed E-state index contributed by atoms with van der Waals surface area (Å²) in [6, 6.07) is 13.6. The van der Waals surface area contributed by atoms with Gasteiger partial charge < -0.3 is 4.90 Å². The third-order valence-electron chi connectivity index (χ3n) is 4.68. The van der Waals surface area contributed by atoms with Crippen LogP contribution in [-0.2, 0) is 6.42 Å². The molecule has 3 aromatic heterocycles. The average molecular weight is 371 g/mol. The number of carbonyl (C=O) groups excluding carboxylic acids is 1. The third-order valence-corrected chi connectivity index (χ3v) is 4.68. The Morgan fingerprint density at radius 2 is 2.00 bits per heavy atom. The summed E-state index contributed by atoms with van der Waals surface area (Å²) in [7, 11) is 3.52. The van der Waals surface area contributed by atoms with Crippen LogP contribution in [0.1, 0.15) is 22.8 Å². The van der Waals surface area contributed by atoms with Crippen LogP contribution in [-0.4, -0.2) is 44.7 Å². The second-order valence-electron chi connectivity index (χ2n) is 6.82. The molecule has 6 nitrogen and oxygen atoms in total. The van der Waals surface area contributed by atoms with E-state index in [4.69, 9.17) is 4.98 Å². The summed E-state index contributed by atoms with van der Waals surface area (Å²) in [5.74, 6) is 0.686. The molecule has 4 rings (SSSR count). The number of nitrogens with zero attached hydrogens (tertiary/aromatic N) is 5. The first kappa shape index (κ1) is 17.9. The number of aromatic nitrogens is 4. The average Bonchev–Trinajstić information content (AvgIpc) is 3.23. The molecule has 0 saturated heterocycles.